The summed E-state index contributed by atoms with van der Waals surface area (Å²) in [6, 6.07) is 4.67. The third-order valence-corrected chi connectivity index (χ3v) is 5.62. The molecular weight excluding hydrogens is 375 g/mol. The molecule has 1 amide bonds. The molecule has 0 spiro atoms. The molecule has 1 unspecified atom stereocenters. The fourth-order valence-electron chi connectivity index (χ4n) is 3.60. The van der Waals surface area contributed by atoms with Crippen molar-refractivity contribution in [2.75, 3.05) is 39.9 Å². The summed E-state index contributed by atoms with van der Waals surface area (Å²) in [5.74, 6) is -0.0539. The van der Waals surface area contributed by atoms with Gasteiger partial charge in [0.2, 0.25) is 0 Å². The lowest BCUT2D eigenvalue weighted by molar-refractivity contribution is 0.0621. The number of ether oxygens (including phenoxy) is 1. The molecule has 6 heteroatoms. The number of halogens is 2. The summed E-state index contributed by atoms with van der Waals surface area (Å²) in [5.41, 5.74) is 0.136. The van der Waals surface area contributed by atoms with E-state index in [1.54, 1.807) is 24.1 Å². The number of nitrogens with zero attached hydrogens (tertiary/aromatic N) is 2. The van der Waals surface area contributed by atoms with E-state index in [-0.39, 0.29) is 17.5 Å². The molecule has 0 aromatic heterocycles. The number of carbonyl (C=O) groups excluding carboxylic acids is 1. The van der Waals surface area contributed by atoms with Gasteiger partial charge in [-0.3, -0.25) is 4.79 Å². The minimum Gasteiger partial charge on any atom is -0.381 e. The van der Waals surface area contributed by atoms with Gasteiger partial charge in [0.15, 0.2) is 0 Å². The molecule has 0 saturated carbocycles. The Morgan fingerprint density at radius 1 is 1.38 bits per heavy atom. The van der Waals surface area contributed by atoms with Crippen molar-refractivity contribution in [2.24, 2.45) is 5.92 Å². The zero-order valence-electron chi connectivity index (χ0n) is 14.0. The van der Waals surface area contributed by atoms with Crippen molar-refractivity contribution in [2.45, 2.75) is 25.3 Å². The summed E-state index contributed by atoms with van der Waals surface area (Å²) in [7, 11) is 1.79. The van der Waals surface area contributed by atoms with Gasteiger partial charge in [0.25, 0.3) is 5.91 Å². The highest BCUT2D eigenvalue weighted by molar-refractivity contribution is 9.10. The number of benzene rings is 1. The molecular formula is C18H24BrFN2O2. The molecule has 2 aliphatic rings. The van der Waals surface area contributed by atoms with Crippen LogP contribution >= 0.6 is 15.9 Å². The normalized spacial score (nSPS) is 22.7. The largest absolute Gasteiger partial charge is 0.381 e. The van der Waals surface area contributed by atoms with Gasteiger partial charge in [-0.2, -0.15) is 0 Å². The van der Waals surface area contributed by atoms with Gasteiger partial charge in [0.05, 0.1) is 12.2 Å². The molecule has 1 aromatic rings. The summed E-state index contributed by atoms with van der Waals surface area (Å²) in [6.45, 7) is 4.82. The summed E-state index contributed by atoms with van der Waals surface area (Å²) < 4.78 is 20.1. The second kappa shape index (κ2) is 7.93. The van der Waals surface area contributed by atoms with Crippen molar-refractivity contribution in [3.8, 4) is 0 Å². The Bertz CT molecular complexity index is 584. The molecule has 0 radical (unpaired) electrons. The Morgan fingerprint density at radius 3 is 2.79 bits per heavy atom. The van der Waals surface area contributed by atoms with E-state index in [9.17, 15) is 9.18 Å². The maximum Gasteiger partial charge on any atom is 0.256 e. The first-order valence-electron chi connectivity index (χ1n) is 8.57. The number of hydrogen-bond acceptors (Lipinski definition) is 3. The third kappa shape index (κ3) is 4.16. The van der Waals surface area contributed by atoms with Gasteiger partial charge in [0.1, 0.15) is 5.82 Å². The van der Waals surface area contributed by atoms with E-state index in [0.29, 0.717) is 10.4 Å². The Balaban J connectivity index is 1.55. The lowest BCUT2D eigenvalue weighted by atomic mass is 10.0. The molecule has 2 heterocycles. The van der Waals surface area contributed by atoms with Gasteiger partial charge in [-0.25, -0.2) is 4.39 Å². The summed E-state index contributed by atoms with van der Waals surface area (Å²) in [6.07, 6.45) is 3.03. The van der Waals surface area contributed by atoms with Gasteiger partial charge in [-0.05, 0) is 43.4 Å². The molecule has 3 rings (SSSR count). The lowest BCUT2D eigenvalue weighted by Crippen LogP contribution is -2.46. The van der Waals surface area contributed by atoms with Crippen LogP contribution in [0.3, 0.4) is 0 Å². The maximum atomic E-state index is 13.9. The molecule has 0 aliphatic carbocycles. The highest BCUT2D eigenvalue weighted by Gasteiger charge is 2.28. The minimum absolute atomic E-state index is 0.136. The third-order valence-electron chi connectivity index (χ3n) is 5.12. The average Bonchev–Trinajstić information content (AvgIpc) is 3.09. The SMILES string of the molecule is CN(C(=O)c1cc(Br)ccc1F)C1CCN(CC2CCOC2)CC1. The molecule has 2 saturated heterocycles. The number of piperidine rings is 1. The Labute approximate surface area is 151 Å². The van der Waals surface area contributed by atoms with Crippen LogP contribution in [0, 0.1) is 11.7 Å². The van der Waals surface area contributed by atoms with Crippen molar-refractivity contribution in [3.05, 3.63) is 34.1 Å². The van der Waals surface area contributed by atoms with Crippen LogP contribution < -0.4 is 0 Å². The monoisotopic (exact) mass is 398 g/mol. The molecule has 0 bridgehead atoms. The van der Waals surface area contributed by atoms with Crippen LogP contribution in [0.2, 0.25) is 0 Å². The van der Waals surface area contributed by atoms with Crippen LogP contribution in [0.4, 0.5) is 4.39 Å². The predicted octanol–water partition coefficient (Wildman–Crippen LogP) is 3.16. The zero-order chi connectivity index (χ0) is 17.1. The molecule has 4 nitrogen and oxygen atoms in total. The van der Waals surface area contributed by atoms with Crippen LogP contribution in [0.25, 0.3) is 0 Å². The smallest absolute Gasteiger partial charge is 0.256 e. The Kier molecular flexibility index (Phi) is 5.89. The Morgan fingerprint density at radius 2 is 2.12 bits per heavy atom. The van der Waals surface area contributed by atoms with E-state index in [0.717, 1.165) is 52.1 Å². The standard InChI is InChI=1S/C18H24BrFN2O2/c1-21(18(23)16-10-14(19)2-3-17(16)20)15-4-7-22(8-5-15)11-13-6-9-24-12-13/h2-3,10,13,15H,4-9,11-12H2,1H3. The first kappa shape index (κ1) is 17.8. The fraction of sp³-hybridized carbons (Fsp3) is 0.611. The number of amides is 1. The van der Waals surface area contributed by atoms with Crippen molar-refractivity contribution in [1.29, 1.82) is 0 Å². The topological polar surface area (TPSA) is 32.8 Å². The highest BCUT2D eigenvalue weighted by Crippen LogP contribution is 2.23. The van der Waals surface area contributed by atoms with E-state index in [1.165, 1.54) is 6.07 Å². The molecule has 24 heavy (non-hydrogen) atoms. The molecule has 2 fully saturated rings. The van der Waals surface area contributed by atoms with Crippen molar-refractivity contribution in [3.63, 3.8) is 0 Å². The number of rotatable bonds is 4. The Hall–Kier alpha value is -0.980. The van der Waals surface area contributed by atoms with Gasteiger partial charge >= 0.3 is 0 Å². The second-order valence-electron chi connectivity index (χ2n) is 6.80. The predicted molar refractivity (Wildman–Crippen MR) is 94.6 cm³/mol. The molecule has 1 aromatic carbocycles. The first-order chi connectivity index (χ1) is 11.5. The van der Waals surface area contributed by atoms with Crippen LogP contribution in [0.15, 0.2) is 22.7 Å². The first-order valence-corrected chi connectivity index (χ1v) is 9.36. The lowest BCUT2D eigenvalue weighted by Gasteiger charge is -2.37. The second-order valence-corrected chi connectivity index (χ2v) is 7.72. The van der Waals surface area contributed by atoms with Gasteiger partial charge in [-0.1, -0.05) is 15.9 Å². The average molecular weight is 399 g/mol. The maximum absolute atomic E-state index is 13.9. The minimum atomic E-state index is -0.464. The van der Waals surface area contributed by atoms with Crippen LogP contribution in [0.1, 0.15) is 29.6 Å². The zero-order valence-corrected chi connectivity index (χ0v) is 15.6. The van der Waals surface area contributed by atoms with Crippen LogP contribution in [-0.4, -0.2) is 61.6 Å². The van der Waals surface area contributed by atoms with E-state index in [4.69, 9.17) is 4.74 Å². The summed E-state index contributed by atoms with van der Waals surface area (Å²) in [5, 5.41) is 0. The van der Waals surface area contributed by atoms with Crippen molar-refractivity contribution >= 4 is 21.8 Å². The van der Waals surface area contributed by atoms with E-state index in [1.807, 2.05) is 0 Å². The van der Waals surface area contributed by atoms with E-state index in [2.05, 4.69) is 20.8 Å². The van der Waals surface area contributed by atoms with Gasteiger partial charge in [0, 0.05) is 43.8 Å². The molecule has 0 N–H and O–H groups in total. The molecule has 2 aliphatic heterocycles. The molecule has 132 valence electrons. The summed E-state index contributed by atoms with van der Waals surface area (Å²) >= 11 is 3.30. The fourth-order valence-corrected chi connectivity index (χ4v) is 3.96. The number of carbonyl (C=O) groups is 1. The number of likely N-dealkylation sites (tertiary alicyclic amines) is 1. The molecule has 1 atom stereocenters. The van der Waals surface area contributed by atoms with Crippen molar-refractivity contribution < 1.29 is 13.9 Å². The van der Waals surface area contributed by atoms with Crippen molar-refractivity contribution in [1.82, 2.24) is 9.80 Å². The van der Waals surface area contributed by atoms with Gasteiger partial charge in [-0.15, -0.1) is 0 Å². The van der Waals surface area contributed by atoms with Gasteiger partial charge < -0.3 is 14.5 Å². The van der Waals surface area contributed by atoms with Crippen LogP contribution in [-0.2, 0) is 4.74 Å². The highest BCUT2D eigenvalue weighted by atomic mass is 79.9. The summed E-state index contributed by atoms with van der Waals surface area (Å²) in [4.78, 5) is 16.8. The van der Waals surface area contributed by atoms with E-state index >= 15 is 0 Å². The quantitative estimate of drug-likeness (QED) is 0.780. The van der Waals surface area contributed by atoms with Crippen LogP contribution in [0.5, 0.6) is 0 Å². The number of hydrogen-bond donors (Lipinski definition) is 0. The van der Waals surface area contributed by atoms with E-state index < -0.39 is 5.82 Å².